The number of carbonyl (C=O) groups excluding carboxylic acids is 2. The van der Waals surface area contributed by atoms with E-state index in [-0.39, 0.29) is 12.2 Å². The number of aliphatic hydroxyl groups excluding tert-OH is 1. The van der Waals surface area contributed by atoms with Crippen LogP contribution in [0.1, 0.15) is 28.5 Å². The summed E-state index contributed by atoms with van der Waals surface area (Å²) in [6.07, 6.45) is -8.62. The van der Waals surface area contributed by atoms with Crippen LogP contribution >= 0.6 is 33.9 Å². The topological polar surface area (TPSA) is 101 Å². The van der Waals surface area contributed by atoms with Gasteiger partial charge in [-0.25, -0.2) is 4.98 Å². The Morgan fingerprint density at radius 1 is 1.31 bits per heavy atom. The van der Waals surface area contributed by atoms with E-state index in [4.69, 9.17) is 4.74 Å². The molecule has 29 heavy (non-hydrogen) atoms. The second-order valence-electron chi connectivity index (χ2n) is 5.87. The van der Waals surface area contributed by atoms with Gasteiger partial charge < -0.3 is 20.5 Å². The number of ether oxygens (including phenoxy) is 1. The molecule has 1 heterocycles. The Kier molecular flexibility index (Phi) is 8.22. The molecule has 0 radical (unpaired) electrons. The predicted octanol–water partition coefficient (Wildman–Crippen LogP) is 2.66. The van der Waals surface area contributed by atoms with Crippen LogP contribution in [0.2, 0.25) is 0 Å². The monoisotopic (exact) mass is 543 g/mol. The van der Waals surface area contributed by atoms with Gasteiger partial charge in [0.2, 0.25) is 5.91 Å². The average Bonchev–Trinajstić information content (AvgIpc) is 3.10. The third-order valence-electron chi connectivity index (χ3n) is 3.74. The fourth-order valence-electron chi connectivity index (χ4n) is 2.31. The van der Waals surface area contributed by atoms with Crippen LogP contribution in [0.3, 0.4) is 0 Å². The first-order valence-corrected chi connectivity index (χ1v) is 10.1. The van der Waals surface area contributed by atoms with Crippen LogP contribution in [-0.2, 0) is 4.79 Å². The number of aliphatic hydroxyl groups is 1. The van der Waals surface area contributed by atoms with Crippen LogP contribution in [-0.4, -0.2) is 47.8 Å². The molecule has 0 saturated heterocycles. The molecular formula is C17H17F3IN3O4S. The minimum Gasteiger partial charge on any atom is -0.497 e. The first kappa shape index (κ1) is 23.3. The number of carbonyl (C=O) groups is 2. The third kappa shape index (κ3) is 7.44. The summed E-state index contributed by atoms with van der Waals surface area (Å²) in [5.74, 6) is -1.15. The van der Waals surface area contributed by atoms with Crippen molar-refractivity contribution < 1.29 is 32.6 Å². The Labute approximate surface area is 181 Å². The van der Waals surface area contributed by atoms with Crippen molar-refractivity contribution in [3.05, 3.63) is 43.9 Å². The zero-order valence-corrected chi connectivity index (χ0v) is 18.0. The number of nitrogens with zero attached hydrogens (tertiary/aromatic N) is 1. The Morgan fingerprint density at radius 2 is 1.97 bits per heavy atom. The van der Waals surface area contributed by atoms with Crippen molar-refractivity contribution in [1.29, 1.82) is 0 Å². The maximum Gasteiger partial charge on any atom is 0.392 e. The number of benzene rings is 1. The van der Waals surface area contributed by atoms with Crippen molar-refractivity contribution in [2.24, 2.45) is 0 Å². The van der Waals surface area contributed by atoms with Crippen molar-refractivity contribution >= 4 is 45.7 Å². The molecule has 158 valence electrons. The number of hydrogen-bond acceptors (Lipinski definition) is 6. The fourth-order valence-corrected chi connectivity index (χ4v) is 3.47. The molecule has 3 N–H and O–H groups in total. The number of methoxy groups -OCH3 is 1. The van der Waals surface area contributed by atoms with Gasteiger partial charge in [0.15, 0.2) is 3.01 Å². The highest BCUT2D eigenvalue weighted by atomic mass is 127. The Hall–Kier alpha value is -1.93. The van der Waals surface area contributed by atoms with E-state index in [2.05, 4.69) is 15.6 Å². The SMILES string of the molecule is COc1ccc(C(CNC(=O)c2csc(I)n2)NC(=O)C(O)CC(F)(F)F)cc1. The van der Waals surface area contributed by atoms with Crippen LogP contribution in [0.15, 0.2) is 29.6 Å². The van der Waals surface area contributed by atoms with E-state index in [0.717, 1.165) is 0 Å². The van der Waals surface area contributed by atoms with Crippen LogP contribution < -0.4 is 15.4 Å². The van der Waals surface area contributed by atoms with Crippen molar-refractivity contribution in [3.8, 4) is 5.75 Å². The number of amides is 2. The predicted molar refractivity (Wildman–Crippen MR) is 108 cm³/mol. The lowest BCUT2D eigenvalue weighted by atomic mass is 10.1. The molecule has 0 aliphatic carbocycles. The maximum absolute atomic E-state index is 12.4. The number of alkyl halides is 3. The molecule has 0 aliphatic heterocycles. The quantitative estimate of drug-likeness (QED) is 0.445. The molecule has 1 aromatic carbocycles. The zero-order valence-electron chi connectivity index (χ0n) is 15.0. The summed E-state index contributed by atoms with van der Waals surface area (Å²) in [6, 6.07) is 5.52. The minimum atomic E-state index is -4.69. The standard InChI is InChI=1S/C17H17F3IN3O4S/c1-28-10-4-2-9(3-5-10)11(23-15(27)13(25)6-17(18,19)20)7-22-14(26)12-8-29-16(21)24-12/h2-5,8,11,13,25H,6-7H2,1H3,(H,22,26)(H,23,27). The summed E-state index contributed by atoms with van der Waals surface area (Å²) in [5, 5.41) is 16.0. The summed E-state index contributed by atoms with van der Waals surface area (Å²) >= 11 is 3.24. The summed E-state index contributed by atoms with van der Waals surface area (Å²) < 4.78 is 43.0. The molecule has 0 spiro atoms. The number of halogens is 4. The number of thiazole rings is 1. The highest BCUT2D eigenvalue weighted by Crippen LogP contribution is 2.23. The first-order valence-electron chi connectivity index (χ1n) is 8.17. The van der Waals surface area contributed by atoms with Crippen LogP contribution in [0.4, 0.5) is 13.2 Å². The van der Waals surface area contributed by atoms with E-state index < -0.39 is 36.6 Å². The Bertz CT molecular complexity index is 845. The smallest absolute Gasteiger partial charge is 0.392 e. The first-order chi connectivity index (χ1) is 13.6. The number of nitrogens with one attached hydrogen (secondary N) is 2. The number of aromatic nitrogens is 1. The van der Waals surface area contributed by atoms with Gasteiger partial charge in [-0.1, -0.05) is 12.1 Å². The second-order valence-corrected chi connectivity index (χ2v) is 8.48. The normalized spacial score (nSPS) is 13.4. The molecular weight excluding hydrogens is 526 g/mol. The lowest BCUT2D eigenvalue weighted by molar-refractivity contribution is -0.163. The molecule has 0 bridgehead atoms. The summed E-state index contributed by atoms with van der Waals surface area (Å²) in [7, 11) is 1.47. The molecule has 0 fully saturated rings. The number of hydrogen-bond donors (Lipinski definition) is 3. The van der Waals surface area contributed by atoms with Crippen molar-refractivity contribution in [2.75, 3.05) is 13.7 Å². The van der Waals surface area contributed by atoms with Gasteiger partial charge >= 0.3 is 6.18 Å². The summed E-state index contributed by atoms with van der Waals surface area (Å²) in [4.78, 5) is 28.3. The highest BCUT2D eigenvalue weighted by Gasteiger charge is 2.35. The van der Waals surface area contributed by atoms with E-state index in [9.17, 15) is 27.9 Å². The average molecular weight is 543 g/mol. The Balaban J connectivity index is 2.12. The lowest BCUT2D eigenvalue weighted by Crippen LogP contribution is -2.43. The van der Waals surface area contributed by atoms with Gasteiger partial charge in [0.1, 0.15) is 17.5 Å². The molecule has 2 aromatic rings. The summed E-state index contributed by atoms with van der Waals surface area (Å²) in [6.45, 7) is -0.121. The molecule has 0 saturated carbocycles. The molecule has 2 unspecified atom stereocenters. The second kappa shape index (κ2) is 10.2. The van der Waals surface area contributed by atoms with Gasteiger partial charge in [0, 0.05) is 11.9 Å². The fraction of sp³-hybridized carbons (Fsp3) is 0.353. The lowest BCUT2D eigenvalue weighted by Gasteiger charge is -2.22. The van der Waals surface area contributed by atoms with Crippen LogP contribution in [0.5, 0.6) is 5.75 Å². The maximum atomic E-state index is 12.4. The van der Waals surface area contributed by atoms with E-state index in [0.29, 0.717) is 14.3 Å². The highest BCUT2D eigenvalue weighted by molar-refractivity contribution is 14.1. The molecule has 2 atom stereocenters. The van der Waals surface area contributed by atoms with Crippen molar-refractivity contribution in [2.45, 2.75) is 24.7 Å². The van der Waals surface area contributed by atoms with Crippen LogP contribution in [0.25, 0.3) is 0 Å². The van der Waals surface area contributed by atoms with Gasteiger partial charge in [0.25, 0.3) is 5.91 Å². The van der Waals surface area contributed by atoms with Crippen molar-refractivity contribution in [1.82, 2.24) is 15.6 Å². The third-order valence-corrected chi connectivity index (χ3v) is 5.37. The minimum absolute atomic E-state index is 0.121. The molecule has 2 rings (SSSR count). The van der Waals surface area contributed by atoms with Gasteiger partial charge in [-0.2, -0.15) is 13.2 Å². The Morgan fingerprint density at radius 3 is 2.48 bits per heavy atom. The van der Waals surface area contributed by atoms with Crippen molar-refractivity contribution in [3.63, 3.8) is 0 Å². The molecule has 1 aromatic heterocycles. The van der Waals surface area contributed by atoms with E-state index in [1.54, 1.807) is 29.6 Å². The molecule has 12 heteroatoms. The van der Waals surface area contributed by atoms with E-state index >= 15 is 0 Å². The molecule has 2 amide bonds. The van der Waals surface area contributed by atoms with E-state index in [1.165, 1.54) is 18.4 Å². The molecule has 0 aliphatic rings. The van der Waals surface area contributed by atoms with Gasteiger partial charge in [-0.05, 0) is 40.3 Å². The summed E-state index contributed by atoms with van der Waals surface area (Å²) in [5.41, 5.74) is 0.697. The molecule has 7 nitrogen and oxygen atoms in total. The number of rotatable bonds is 8. The largest absolute Gasteiger partial charge is 0.497 e. The van der Waals surface area contributed by atoms with E-state index in [1.807, 2.05) is 22.6 Å². The van der Waals surface area contributed by atoms with Gasteiger partial charge in [-0.3, -0.25) is 9.59 Å². The van der Waals surface area contributed by atoms with Gasteiger partial charge in [0.05, 0.1) is 19.6 Å². The van der Waals surface area contributed by atoms with Crippen LogP contribution in [0, 0.1) is 3.01 Å². The zero-order chi connectivity index (χ0) is 21.6. The van der Waals surface area contributed by atoms with Gasteiger partial charge in [-0.15, -0.1) is 11.3 Å².